The third kappa shape index (κ3) is 4.67. The molecular weight excluding hydrogens is 446 g/mol. The molecule has 2 aliphatic heterocycles. The monoisotopic (exact) mass is 473 g/mol. The SMILES string of the molecule is Cc1ncc(-c2nc(N3CCOCC3)c3cc(CN4CCN(S(C)=O)CC4)sc3n2)cn1. The molecule has 2 saturated heterocycles. The van der Waals surface area contributed by atoms with Crippen molar-refractivity contribution in [3.63, 3.8) is 0 Å². The lowest BCUT2D eigenvalue weighted by molar-refractivity contribution is 0.122. The van der Waals surface area contributed by atoms with Crippen LogP contribution in [0, 0.1) is 6.92 Å². The summed E-state index contributed by atoms with van der Waals surface area (Å²) in [6.45, 7) is 9.29. The second-order valence-electron chi connectivity index (χ2n) is 8.05. The lowest BCUT2D eigenvalue weighted by atomic mass is 10.2. The molecule has 0 aliphatic carbocycles. The summed E-state index contributed by atoms with van der Waals surface area (Å²) in [6, 6.07) is 2.24. The van der Waals surface area contributed by atoms with Crippen LogP contribution in [0.2, 0.25) is 0 Å². The van der Waals surface area contributed by atoms with E-state index in [1.807, 2.05) is 11.2 Å². The van der Waals surface area contributed by atoms with Crippen molar-refractivity contribution in [3.05, 3.63) is 29.2 Å². The minimum Gasteiger partial charge on any atom is -0.378 e. The average molecular weight is 474 g/mol. The van der Waals surface area contributed by atoms with Gasteiger partial charge in [0.15, 0.2) is 5.82 Å². The largest absolute Gasteiger partial charge is 0.378 e. The predicted molar refractivity (Wildman–Crippen MR) is 127 cm³/mol. The van der Waals surface area contributed by atoms with E-state index in [2.05, 4.69) is 25.8 Å². The molecule has 170 valence electrons. The summed E-state index contributed by atoms with van der Waals surface area (Å²) in [5.41, 5.74) is 0.825. The van der Waals surface area contributed by atoms with E-state index in [9.17, 15) is 4.21 Å². The molecule has 0 aromatic carbocycles. The fourth-order valence-corrected chi connectivity index (χ4v) is 5.79. The number of piperazine rings is 1. The molecule has 3 aromatic rings. The van der Waals surface area contributed by atoms with E-state index in [1.165, 1.54) is 4.88 Å². The van der Waals surface area contributed by atoms with Gasteiger partial charge in [-0.15, -0.1) is 11.3 Å². The van der Waals surface area contributed by atoms with E-state index < -0.39 is 11.0 Å². The van der Waals surface area contributed by atoms with E-state index in [0.717, 1.165) is 73.2 Å². The maximum atomic E-state index is 11.7. The number of ether oxygens (including phenoxy) is 1. The maximum absolute atomic E-state index is 11.7. The molecule has 0 spiro atoms. The second kappa shape index (κ2) is 9.44. The molecule has 11 heteroatoms. The quantitative estimate of drug-likeness (QED) is 0.553. The number of morpholine rings is 1. The van der Waals surface area contributed by atoms with Gasteiger partial charge in [0.2, 0.25) is 0 Å². The molecule has 32 heavy (non-hydrogen) atoms. The molecule has 9 nitrogen and oxygen atoms in total. The van der Waals surface area contributed by atoms with Crippen LogP contribution >= 0.6 is 11.3 Å². The molecule has 0 N–H and O–H groups in total. The number of aryl methyl sites for hydroxylation is 1. The molecule has 0 bridgehead atoms. The molecule has 2 fully saturated rings. The Balaban J connectivity index is 1.46. The number of thiophene rings is 1. The van der Waals surface area contributed by atoms with Crippen LogP contribution in [0.15, 0.2) is 18.5 Å². The molecule has 0 saturated carbocycles. The number of anilines is 1. The fourth-order valence-electron chi connectivity index (χ4n) is 4.05. The summed E-state index contributed by atoms with van der Waals surface area (Å²) in [5, 5.41) is 1.09. The smallest absolute Gasteiger partial charge is 0.166 e. The van der Waals surface area contributed by atoms with Gasteiger partial charge in [0, 0.05) is 69.3 Å². The zero-order chi connectivity index (χ0) is 22.1. The summed E-state index contributed by atoms with van der Waals surface area (Å²) in [5.74, 6) is 2.35. The number of rotatable bonds is 5. The van der Waals surface area contributed by atoms with E-state index in [4.69, 9.17) is 14.7 Å². The van der Waals surface area contributed by atoms with Crippen molar-refractivity contribution in [3.8, 4) is 11.4 Å². The Morgan fingerprint density at radius 2 is 1.78 bits per heavy atom. The molecule has 3 aromatic heterocycles. The Labute approximate surface area is 194 Å². The zero-order valence-corrected chi connectivity index (χ0v) is 20.0. The summed E-state index contributed by atoms with van der Waals surface area (Å²) in [6.07, 6.45) is 5.33. The van der Waals surface area contributed by atoms with Crippen LogP contribution in [0.25, 0.3) is 21.6 Å². The fraction of sp³-hybridized carbons (Fsp3) is 0.524. The Kier molecular flexibility index (Phi) is 6.42. The summed E-state index contributed by atoms with van der Waals surface area (Å²) >= 11 is 1.72. The lowest BCUT2D eigenvalue weighted by Crippen LogP contribution is -2.46. The van der Waals surface area contributed by atoms with Gasteiger partial charge < -0.3 is 9.64 Å². The first-order valence-corrected chi connectivity index (χ1v) is 13.1. The van der Waals surface area contributed by atoms with Crippen LogP contribution < -0.4 is 4.90 Å². The van der Waals surface area contributed by atoms with Gasteiger partial charge in [-0.25, -0.2) is 28.5 Å². The molecule has 5 rings (SSSR count). The van der Waals surface area contributed by atoms with E-state index in [0.29, 0.717) is 19.0 Å². The number of nitrogens with zero attached hydrogens (tertiary/aromatic N) is 7. The van der Waals surface area contributed by atoms with Gasteiger partial charge in [0.05, 0.1) is 35.1 Å². The highest BCUT2D eigenvalue weighted by molar-refractivity contribution is 7.81. The van der Waals surface area contributed by atoms with Gasteiger partial charge in [-0.3, -0.25) is 4.90 Å². The van der Waals surface area contributed by atoms with Gasteiger partial charge >= 0.3 is 0 Å². The Morgan fingerprint density at radius 3 is 2.47 bits per heavy atom. The first-order chi connectivity index (χ1) is 15.6. The van der Waals surface area contributed by atoms with Crippen LogP contribution in [0.1, 0.15) is 10.7 Å². The number of fused-ring (bicyclic) bond motifs is 1. The van der Waals surface area contributed by atoms with Crippen molar-refractivity contribution >= 4 is 38.4 Å². The molecule has 5 heterocycles. The summed E-state index contributed by atoms with van der Waals surface area (Å²) in [7, 11) is -0.889. The molecule has 1 atom stereocenters. The molecular formula is C21H27N7O2S2. The van der Waals surface area contributed by atoms with Crippen LogP contribution in [0.4, 0.5) is 5.82 Å². The Bertz CT molecular complexity index is 1110. The minimum atomic E-state index is -0.889. The van der Waals surface area contributed by atoms with E-state index in [-0.39, 0.29) is 0 Å². The van der Waals surface area contributed by atoms with Gasteiger partial charge in [0.1, 0.15) is 16.5 Å². The van der Waals surface area contributed by atoms with Gasteiger partial charge in [-0.1, -0.05) is 0 Å². The van der Waals surface area contributed by atoms with Crippen LogP contribution in [0.5, 0.6) is 0 Å². The van der Waals surface area contributed by atoms with Crippen LogP contribution in [0.3, 0.4) is 0 Å². The van der Waals surface area contributed by atoms with Gasteiger partial charge in [0.25, 0.3) is 0 Å². The number of hydrogen-bond acceptors (Lipinski definition) is 9. The van der Waals surface area contributed by atoms with Crippen LogP contribution in [-0.4, -0.2) is 92.1 Å². The maximum Gasteiger partial charge on any atom is 0.166 e. The first-order valence-electron chi connectivity index (χ1n) is 10.8. The van der Waals surface area contributed by atoms with Crippen LogP contribution in [-0.2, 0) is 22.3 Å². The normalized spacial score (nSPS) is 19.5. The van der Waals surface area contributed by atoms with E-state index in [1.54, 1.807) is 30.0 Å². The molecule has 1 unspecified atom stereocenters. The lowest BCUT2D eigenvalue weighted by Gasteiger charge is -2.32. The highest BCUT2D eigenvalue weighted by Crippen LogP contribution is 2.34. The number of aromatic nitrogens is 4. The molecule has 2 aliphatic rings. The highest BCUT2D eigenvalue weighted by Gasteiger charge is 2.23. The van der Waals surface area contributed by atoms with Crippen molar-refractivity contribution in [2.75, 3.05) is 63.6 Å². The third-order valence-electron chi connectivity index (χ3n) is 5.85. The van der Waals surface area contributed by atoms with Crippen molar-refractivity contribution in [2.45, 2.75) is 13.5 Å². The highest BCUT2D eigenvalue weighted by atomic mass is 32.2. The summed E-state index contributed by atoms with van der Waals surface area (Å²) < 4.78 is 19.3. The second-order valence-corrected chi connectivity index (χ2v) is 10.5. The zero-order valence-electron chi connectivity index (χ0n) is 18.4. The summed E-state index contributed by atoms with van der Waals surface area (Å²) in [4.78, 5) is 25.4. The van der Waals surface area contributed by atoms with Gasteiger partial charge in [-0.2, -0.15) is 0 Å². The third-order valence-corrected chi connectivity index (χ3v) is 7.95. The number of hydrogen-bond donors (Lipinski definition) is 0. The predicted octanol–water partition coefficient (Wildman–Crippen LogP) is 1.70. The van der Waals surface area contributed by atoms with Crippen molar-refractivity contribution in [1.82, 2.24) is 29.1 Å². The standard InChI is InChI=1S/C21H27N7O2S2/c1-15-22-12-16(13-23-15)19-24-20(27-7-9-30-10-8-27)18-11-17(31-21(18)25-19)14-26-3-5-28(6-4-26)32(2)29/h11-13H,3-10,14H2,1-2H3. The molecule has 0 radical (unpaired) electrons. The van der Waals surface area contributed by atoms with Gasteiger partial charge in [-0.05, 0) is 13.0 Å². The van der Waals surface area contributed by atoms with Crippen molar-refractivity contribution in [2.24, 2.45) is 0 Å². The van der Waals surface area contributed by atoms with E-state index >= 15 is 0 Å². The first kappa shape index (κ1) is 21.8. The Hall–Kier alpha value is -2.05. The minimum absolute atomic E-state index is 0.659. The molecule has 0 amide bonds. The van der Waals surface area contributed by atoms with Crippen molar-refractivity contribution < 1.29 is 8.95 Å². The Morgan fingerprint density at radius 1 is 1.06 bits per heavy atom. The van der Waals surface area contributed by atoms with Crippen molar-refractivity contribution in [1.29, 1.82) is 0 Å². The topological polar surface area (TPSA) is 87.6 Å². The average Bonchev–Trinajstić information content (AvgIpc) is 3.22.